The van der Waals surface area contributed by atoms with Crippen molar-refractivity contribution in [2.45, 2.75) is 0 Å². The number of nitrogens with zero attached hydrogens (tertiary/aromatic N) is 3. The third kappa shape index (κ3) is 3.96. The third-order valence-electron chi connectivity index (χ3n) is 4.90. The maximum Gasteiger partial charge on any atom is 0.322 e. The highest BCUT2D eigenvalue weighted by atomic mass is 19.1. The number of rotatable bonds is 3. The first kappa shape index (κ1) is 18.0. The molecule has 0 bridgehead atoms. The van der Waals surface area contributed by atoms with Gasteiger partial charge in [0, 0.05) is 43.6 Å². The SMILES string of the molecule is O=C(Nc1cccnc1)N1CCN(c2ccc(-c3ccccc3F)cc2)CC1. The topological polar surface area (TPSA) is 48.5 Å². The predicted molar refractivity (Wildman–Crippen MR) is 109 cm³/mol. The lowest BCUT2D eigenvalue weighted by atomic mass is 10.0. The van der Waals surface area contributed by atoms with Crippen molar-refractivity contribution in [3.8, 4) is 11.1 Å². The summed E-state index contributed by atoms with van der Waals surface area (Å²) in [5.74, 6) is -0.219. The van der Waals surface area contributed by atoms with Crippen molar-refractivity contribution in [3.05, 3.63) is 78.9 Å². The molecule has 1 fully saturated rings. The van der Waals surface area contributed by atoms with Crippen molar-refractivity contribution < 1.29 is 9.18 Å². The minimum Gasteiger partial charge on any atom is -0.368 e. The van der Waals surface area contributed by atoms with E-state index < -0.39 is 0 Å². The normalized spacial score (nSPS) is 14.0. The lowest BCUT2D eigenvalue weighted by Gasteiger charge is -2.36. The smallest absolute Gasteiger partial charge is 0.322 e. The number of amides is 2. The molecule has 5 nitrogen and oxygen atoms in total. The summed E-state index contributed by atoms with van der Waals surface area (Å²) in [6.45, 7) is 2.78. The van der Waals surface area contributed by atoms with Gasteiger partial charge in [0.1, 0.15) is 5.82 Å². The molecule has 0 saturated carbocycles. The van der Waals surface area contributed by atoms with Gasteiger partial charge in [-0.2, -0.15) is 0 Å². The van der Waals surface area contributed by atoms with Crippen molar-refractivity contribution in [3.63, 3.8) is 0 Å². The summed E-state index contributed by atoms with van der Waals surface area (Å²) in [4.78, 5) is 20.4. The number of hydrogen-bond acceptors (Lipinski definition) is 3. The maximum atomic E-state index is 13.9. The van der Waals surface area contributed by atoms with Crippen LogP contribution in [0.25, 0.3) is 11.1 Å². The molecule has 0 spiro atoms. The molecule has 28 heavy (non-hydrogen) atoms. The van der Waals surface area contributed by atoms with Gasteiger partial charge >= 0.3 is 6.03 Å². The summed E-state index contributed by atoms with van der Waals surface area (Å²) in [5, 5.41) is 2.87. The fourth-order valence-electron chi connectivity index (χ4n) is 3.35. The molecule has 142 valence electrons. The standard InChI is InChI=1S/C22H21FN4O/c23-21-6-2-1-5-20(21)17-7-9-19(10-8-17)26-12-14-27(15-13-26)22(28)25-18-4-3-11-24-16-18/h1-11,16H,12-15H2,(H,25,28). The summed E-state index contributed by atoms with van der Waals surface area (Å²) in [7, 11) is 0. The van der Waals surface area contributed by atoms with Gasteiger partial charge in [-0.3, -0.25) is 4.98 Å². The van der Waals surface area contributed by atoms with Crippen LogP contribution in [0.2, 0.25) is 0 Å². The van der Waals surface area contributed by atoms with Crippen LogP contribution in [0.5, 0.6) is 0 Å². The van der Waals surface area contributed by atoms with Crippen LogP contribution in [-0.4, -0.2) is 42.1 Å². The molecule has 1 aromatic heterocycles. The molecule has 0 atom stereocenters. The van der Waals surface area contributed by atoms with Crippen LogP contribution in [0.1, 0.15) is 0 Å². The van der Waals surface area contributed by atoms with Crippen LogP contribution in [0.3, 0.4) is 0 Å². The Morgan fingerprint density at radius 2 is 1.68 bits per heavy atom. The second-order valence-corrected chi connectivity index (χ2v) is 6.67. The van der Waals surface area contributed by atoms with Crippen LogP contribution < -0.4 is 10.2 Å². The zero-order chi connectivity index (χ0) is 19.3. The van der Waals surface area contributed by atoms with E-state index in [1.165, 1.54) is 6.07 Å². The van der Waals surface area contributed by atoms with Gasteiger partial charge < -0.3 is 15.1 Å². The minimum absolute atomic E-state index is 0.109. The molecular weight excluding hydrogens is 355 g/mol. The Labute approximate surface area is 163 Å². The number of nitrogens with one attached hydrogen (secondary N) is 1. The van der Waals surface area contributed by atoms with E-state index in [1.54, 1.807) is 35.5 Å². The van der Waals surface area contributed by atoms with Gasteiger partial charge in [-0.1, -0.05) is 30.3 Å². The first-order valence-electron chi connectivity index (χ1n) is 9.26. The van der Waals surface area contributed by atoms with E-state index in [-0.39, 0.29) is 11.8 Å². The Morgan fingerprint density at radius 1 is 0.929 bits per heavy atom. The average molecular weight is 376 g/mol. The highest BCUT2D eigenvalue weighted by molar-refractivity contribution is 5.89. The minimum atomic E-state index is -0.219. The molecule has 0 radical (unpaired) electrons. The van der Waals surface area contributed by atoms with Gasteiger partial charge in [-0.15, -0.1) is 0 Å². The van der Waals surface area contributed by atoms with Gasteiger partial charge in [0.25, 0.3) is 0 Å². The Balaban J connectivity index is 1.36. The second-order valence-electron chi connectivity index (χ2n) is 6.67. The van der Waals surface area contributed by atoms with Crippen LogP contribution in [0.4, 0.5) is 20.6 Å². The fourth-order valence-corrected chi connectivity index (χ4v) is 3.35. The zero-order valence-electron chi connectivity index (χ0n) is 15.4. The summed E-state index contributed by atoms with van der Waals surface area (Å²) in [6, 6.07) is 18.2. The molecule has 2 aromatic carbocycles. The van der Waals surface area contributed by atoms with Crippen molar-refractivity contribution in [1.29, 1.82) is 0 Å². The van der Waals surface area contributed by atoms with Gasteiger partial charge in [-0.05, 0) is 35.9 Å². The Bertz CT molecular complexity index is 938. The number of hydrogen-bond donors (Lipinski definition) is 1. The van der Waals surface area contributed by atoms with Crippen LogP contribution >= 0.6 is 0 Å². The molecule has 1 aliphatic heterocycles. The third-order valence-corrected chi connectivity index (χ3v) is 4.90. The quantitative estimate of drug-likeness (QED) is 0.744. The molecule has 1 N–H and O–H groups in total. The molecule has 2 heterocycles. The molecule has 4 rings (SSSR count). The lowest BCUT2D eigenvalue weighted by Crippen LogP contribution is -2.50. The van der Waals surface area contributed by atoms with Crippen molar-refractivity contribution in [2.75, 3.05) is 36.4 Å². The van der Waals surface area contributed by atoms with Crippen molar-refractivity contribution in [1.82, 2.24) is 9.88 Å². The lowest BCUT2D eigenvalue weighted by molar-refractivity contribution is 0.208. The van der Waals surface area contributed by atoms with Crippen LogP contribution in [0.15, 0.2) is 73.1 Å². The van der Waals surface area contributed by atoms with Gasteiger partial charge in [0.15, 0.2) is 0 Å². The summed E-state index contributed by atoms with van der Waals surface area (Å²) >= 11 is 0. The fraction of sp³-hybridized carbons (Fsp3) is 0.182. The molecule has 3 aromatic rings. The Kier molecular flexibility index (Phi) is 5.19. The van der Waals surface area contributed by atoms with Crippen molar-refractivity contribution in [2.24, 2.45) is 0 Å². The molecule has 6 heteroatoms. The average Bonchev–Trinajstić information content (AvgIpc) is 2.75. The predicted octanol–water partition coefficient (Wildman–Crippen LogP) is 4.24. The molecule has 1 aliphatic rings. The zero-order valence-corrected chi connectivity index (χ0v) is 15.4. The first-order chi connectivity index (χ1) is 13.7. The molecule has 0 aliphatic carbocycles. The van der Waals surface area contributed by atoms with Gasteiger partial charge in [-0.25, -0.2) is 9.18 Å². The summed E-state index contributed by atoms with van der Waals surface area (Å²) in [6.07, 6.45) is 3.30. The number of pyridine rings is 1. The van der Waals surface area contributed by atoms with E-state index in [0.717, 1.165) is 24.3 Å². The van der Waals surface area contributed by atoms with Crippen molar-refractivity contribution >= 4 is 17.4 Å². The van der Waals surface area contributed by atoms with Crippen LogP contribution in [0, 0.1) is 5.82 Å². The first-order valence-corrected chi connectivity index (χ1v) is 9.26. The second kappa shape index (κ2) is 8.08. The Morgan fingerprint density at radius 3 is 2.36 bits per heavy atom. The molecular formula is C22H21FN4O. The van der Waals surface area contributed by atoms with E-state index in [2.05, 4.69) is 15.2 Å². The maximum absolute atomic E-state index is 13.9. The van der Waals surface area contributed by atoms with E-state index in [9.17, 15) is 9.18 Å². The number of piperazine rings is 1. The van der Waals surface area contributed by atoms with E-state index in [4.69, 9.17) is 0 Å². The highest BCUT2D eigenvalue weighted by Crippen LogP contribution is 2.26. The summed E-state index contributed by atoms with van der Waals surface area (Å²) in [5.41, 5.74) is 3.23. The van der Waals surface area contributed by atoms with Crippen LogP contribution in [-0.2, 0) is 0 Å². The van der Waals surface area contributed by atoms with E-state index >= 15 is 0 Å². The number of benzene rings is 2. The monoisotopic (exact) mass is 376 g/mol. The Hall–Kier alpha value is -3.41. The number of carbonyl (C=O) groups excluding carboxylic acids is 1. The number of urea groups is 1. The molecule has 0 unspecified atom stereocenters. The number of carbonyl (C=O) groups is 1. The largest absolute Gasteiger partial charge is 0.368 e. The molecule has 1 saturated heterocycles. The number of halogens is 1. The van der Waals surface area contributed by atoms with E-state index in [1.807, 2.05) is 36.4 Å². The van der Waals surface area contributed by atoms with E-state index in [0.29, 0.717) is 24.3 Å². The molecule has 2 amide bonds. The van der Waals surface area contributed by atoms with Gasteiger partial charge in [0.05, 0.1) is 11.9 Å². The summed E-state index contributed by atoms with van der Waals surface area (Å²) < 4.78 is 13.9. The van der Waals surface area contributed by atoms with Gasteiger partial charge in [0.2, 0.25) is 0 Å². The number of aromatic nitrogens is 1. The number of anilines is 2. The highest BCUT2D eigenvalue weighted by Gasteiger charge is 2.21.